The van der Waals surface area contributed by atoms with E-state index in [9.17, 15) is 9.59 Å². The zero-order valence-corrected chi connectivity index (χ0v) is 13.4. The fourth-order valence-electron chi connectivity index (χ4n) is 1.95. The van der Waals surface area contributed by atoms with Gasteiger partial charge in [0.1, 0.15) is 0 Å². The number of halogens is 1. The van der Waals surface area contributed by atoms with Crippen LogP contribution in [0.5, 0.6) is 11.5 Å². The maximum absolute atomic E-state index is 12.0. The summed E-state index contributed by atoms with van der Waals surface area (Å²) >= 11 is 7.03. The first-order valence-corrected chi connectivity index (χ1v) is 7.38. The predicted molar refractivity (Wildman–Crippen MR) is 82.9 cm³/mol. The quantitative estimate of drug-likeness (QED) is 0.793. The molecule has 112 valence electrons. The molecule has 1 aliphatic rings. The van der Waals surface area contributed by atoms with Gasteiger partial charge in [-0.15, -0.1) is 0 Å². The molecule has 5 nitrogen and oxygen atoms in total. The van der Waals surface area contributed by atoms with E-state index in [-0.39, 0.29) is 11.1 Å². The number of nitrogens with zero attached hydrogens (tertiary/aromatic N) is 1. The number of hydrogen-bond donors (Lipinski definition) is 0. The Balaban J connectivity index is 2.40. The molecule has 1 saturated heterocycles. The topological polar surface area (TPSA) is 55.8 Å². The van der Waals surface area contributed by atoms with Crippen molar-refractivity contribution >= 4 is 40.6 Å². The number of ether oxygens (including phenoxy) is 2. The third-order valence-electron chi connectivity index (χ3n) is 2.94. The van der Waals surface area contributed by atoms with E-state index in [4.69, 9.17) is 21.1 Å². The van der Waals surface area contributed by atoms with E-state index in [1.54, 1.807) is 25.1 Å². The Labute approximate surface area is 131 Å². The minimum Gasteiger partial charge on any atom is -0.493 e. The van der Waals surface area contributed by atoms with Gasteiger partial charge < -0.3 is 9.47 Å². The fourth-order valence-corrected chi connectivity index (χ4v) is 3.14. The summed E-state index contributed by atoms with van der Waals surface area (Å²) in [6.45, 7) is 2.11. The number of amides is 2. The number of likely N-dealkylation sites (N-methyl/N-ethyl adjacent to an activating group) is 1. The Morgan fingerprint density at radius 3 is 2.52 bits per heavy atom. The summed E-state index contributed by atoms with van der Waals surface area (Å²) in [5, 5.41) is 0.109. The molecular weight excluding hydrogens is 314 g/mol. The van der Waals surface area contributed by atoms with E-state index in [0.29, 0.717) is 33.5 Å². The third kappa shape index (κ3) is 3.01. The molecule has 21 heavy (non-hydrogen) atoms. The first-order valence-electron chi connectivity index (χ1n) is 6.18. The third-order valence-corrected chi connectivity index (χ3v) is 4.13. The Morgan fingerprint density at radius 1 is 1.29 bits per heavy atom. The van der Waals surface area contributed by atoms with Gasteiger partial charge in [0.25, 0.3) is 11.1 Å². The minimum absolute atomic E-state index is 0.264. The van der Waals surface area contributed by atoms with Crippen LogP contribution in [0, 0.1) is 0 Å². The molecule has 2 amide bonds. The molecule has 0 saturated carbocycles. The maximum atomic E-state index is 12.0. The van der Waals surface area contributed by atoms with Crippen LogP contribution in [0.2, 0.25) is 5.02 Å². The molecule has 7 heteroatoms. The van der Waals surface area contributed by atoms with Crippen molar-refractivity contribution < 1.29 is 19.1 Å². The summed E-state index contributed by atoms with van der Waals surface area (Å²) in [6, 6.07) is 3.35. The van der Waals surface area contributed by atoms with Gasteiger partial charge in [-0.1, -0.05) is 11.6 Å². The Morgan fingerprint density at radius 2 is 2.00 bits per heavy atom. The lowest BCUT2D eigenvalue weighted by molar-refractivity contribution is -0.122. The number of methoxy groups -OCH3 is 2. The molecule has 1 aromatic carbocycles. The number of carbonyl (C=O) groups is 2. The molecule has 1 heterocycles. The molecule has 1 aromatic rings. The van der Waals surface area contributed by atoms with Crippen LogP contribution in [-0.2, 0) is 4.79 Å². The van der Waals surface area contributed by atoms with Crippen LogP contribution in [0.4, 0.5) is 4.79 Å². The van der Waals surface area contributed by atoms with Crippen LogP contribution in [0.1, 0.15) is 12.5 Å². The standard InChI is InChI=1S/C14H14ClNO4S/c1-4-16-13(17)11(21-14(16)18)7-8-5-9(15)12(20-3)10(6-8)19-2/h5-7H,4H2,1-3H3/b11-7+. The van der Waals surface area contributed by atoms with Crippen LogP contribution in [0.3, 0.4) is 0 Å². The highest BCUT2D eigenvalue weighted by Gasteiger charge is 2.33. The molecule has 0 spiro atoms. The Hall–Kier alpha value is -1.66. The van der Waals surface area contributed by atoms with Crippen LogP contribution in [0.25, 0.3) is 6.08 Å². The van der Waals surface area contributed by atoms with Crippen LogP contribution < -0.4 is 9.47 Å². The monoisotopic (exact) mass is 327 g/mol. The SMILES string of the molecule is CCN1C(=O)S/C(=C/c2cc(Cl)c(OC)c(OC)c2)C1=O. The van der Waals surface area contributed by atoms with E-state index in [1.165, 1.54) is 19.1 Å². The molecule has 0 N–H and O–H groups in total. The highest BCUT2D eigenvalue weighted by atomic mass is 35.5. The highest BCUT2D eigenvalue weighted by Crippen LogP contribution is 2.38. The number of thioether (sulfide) groups is 1. The second-order valence-corrected chi connectivity index (χ2v) is 5.56. The van der Waals surface area contributed by atoms with Gasteiger partial charge in [0.2, 0.25) is 0 Å². The summed E-state index contributed by atoms with van der Waals surface area (Å²) in [5.74, 6) is 0.599. The second-order valence-electron chi connectivity index (χ2n) is 4.16. The molecular formula is C14H14ClNO4S. The van der Waals surface area contributed by atoms with E-state index in [2.05, 4.69) is 0 Å². The predicted octanol–water partition coefficient (Wildman–Crippen LogP) is 3.41. The van der Waals surface area contributed by atoms with Crippen LogP contribution >= 0.6 is 23.4 Å². The van der Waals surface area contributed by atoms with Crippen molar-refractivity contribution in [3.8, 4) is 11.5 Å². The summed E-state index contributed by atoms with van der Waals surface area (Å²) in [6.07, 6.45) is 1.62. The molecule has 1 aliphatic heterocycles. The summed E-state index contributed by atoms with van der Waals surface area (Å²) in [5.41, 5.74) is 0.666. The summed E-state index contributed by atoms with van der Waals surface area (Å²) in [4.78, 5) is 25.3. The van der Waals surface area contributed by atoms with Gasteiger partial charge in [-0.2, -0.15) is 0 Å². The maximum Gasteiger partial charge on any atom is 0.293 e. The Bertz CT molecular complexity index is 630. The van der Waals surface area contributed by atoms with Crippen molar-refractivity contribution in [1.29, 1.82) is 0 Å². The summed E-state index contributed by atoms with van der Waals surface area (Å²) in [7, 11) is 3.00. The van der Waals surface area contributed by atoms with Gasteiger partial charge in [0.05, 0.1) is 24.1 Å². The van der Waals surface area contributed by atoms with E-state index in [0.717, 1.165) is 11.8 Å². The van der Waals surface area contributed by atoms with Crippen molar-refractivity contribution in [3.63, 3.8) is 0 Å². The summed E-state index contributed by atoms with van der Waals surface area (Å²) < 4.78 is 10.4. The zero-order valence-electron chi connectivity index (χ0n) is 11.8. The van der Waals surface area contributed by atoms with Gasteiger partial charge in [-0.3, -0.25) is 14.5 Å². The van der Waals surface area contributed by atoms with E-state index >= 15 is 0 Å². The lowest BCUT2D eigenvalue weighted by atomic mass is 10.2. The first-order chi connectivity index (χ1) is 10.0. The number of imide groups is 1. The largest absolute Gasteiger partial charge is 0.493 e. The highest BCUT2D eigenvalue weighted by molar-refractivity contribution is 8.18. The van der Waals surface area contributed by atoms with Gasteiger partial charge in [-0.05, 0) is 42.5 Å². The first kappa shape index (κ1) is 15.7. The fraction of sp³-hybridized carbons (Fsp3) is 0.286. The van der Waals surface area contributed by atoms with Crippen molar-refractivity contribution in [2.45, 2.75) is 6.92 Å². The smallest absolute Gasteiger partial charge is 0.293 e. The lowest BCUT2D eigenvalue weighted by Crippen LogP contribution is -2.27. The van der Waals surface area contributed by atoms with Crippen molar-refractivity contribution in [2.24, 2.45) is 0 Å². The van der Waals surface area contributed by atoms with Gasteiger partial charge >= 0.3 is 0 Å². The zero-order chi connectivity index (χ0) is 15.6. The van der Waals surface area contributed by atoms with Crippen molar-refractivity contribution in [1.82, 2.24) is 4.90 Å². The van der Waals surface area contributed by atoms with Crippen LogP contribution in [0.15, 0.2) is 17.0 Å². The van der Waals surface area contributed by atoms with Crippen molar-refractivity contribution in [2.75, 3.05) is 20.8 Å². The number of benzene rings is 1. The number of rotatable bonds is 4. The molecule has 0 unspecified atom stereocenters. The van der Waals surface area contributed by atoms with Crippen molar-refractivity contribution in [3.05, 3.63) is 27.6 Å². The van der Waals surface area contributed by atoms with E-state index < -0.39 is 0 Å². The number of hydrogen-bond acceptors (Lipinski definition) is 5. The molecule has 1 fully saturated rings. The lowest BCUT2D eigenvalue weighted by Gasteiger charge is -2.10. The molecule has 0 bridgehead atoms. The second kappa shape index (κ2) is 6.41. The average Bonchev–Trinajstić information content (AvgIpc) is 2.72. The molecule has 0 aliphatic carbocycles. The van der Waals surface area contributed by atoms with Gasteiger partial charge in [-0.25, -0.2) is 0 Å². The number of carbonyl (C=O) groups excluding carboxylic acids is 2. The van der Waals surface area contributed by atoms with E-state index in [1.807, 2.05) is 0 Å². The molecule has 0 aromatic heterocycles. The normalized spacial score (nSPS) is 16.8. The average molecular weight is 328 g/mol. The molecule has 0 radical (unpaired) electrons. The Kier molecular flexibility index (Phi) is 4.80. The molecule has 2 rings (SSSR count). The van der Waals surface area contributed by atoms with Gasteiger partial charge in [0.15, 0.2) is 11.5 Å². The van der Waals surface area contributed by atoms with Crippen LogP contribution in [-0.4, -0.2) is 36.8 Å². The molecule has 0 atom stereocenters. The van der Waals surface area contributed by atoms with Gasteiger partial charge in [0, 0.05) is 6.54 Å². The minimum atomic E-state index is -0.293.